The fourth-order valence-corrected chi connectivity index (χ4v) is 5.26. The summed E-state index contributed by atoms with van der Waals surface area (Å²) in [4.78, 5) is 35.9. The average Bonchev–Trinajstić information content (AvgIpc) is 2.93. The zero-order chi connectivity index (χ0) is 30.3. The van der Waals surface area contributed by atoms with Gasteiger partial charge in [-0.25, -0.2) is 18.4 Å². The molecule has 5 N–H and O–H groups in total. The minimum absolute atomic E-state index is 0.0192. The number of carbonyl (C=O) groups excluding carboxylic acids is 2. The molecule has 1 unspecified atom stereocenters. The van der Waals surface area contributed by atoms with Gasteiger partial charge in [0, 0.05) is 18.5 Å². The third kappa shape index (κ3) is 18.6. The van der Waals surface area contributed by atoms with E-state index in [1.165, 1.54) is 108 Å². The third-order valence-electron chi connectivity index (χ3n) is 7.30. The molecular formula is C31H53N3O6S. The molecule has 2 amide bonds. The molecule has 0 saturated carbocycles. The van der Waals surface area contributed by atoms with Crippen molar-refractivity contribution in [2.45, 2.75) is 140 Å². The molecule has 1 aromatic rings. The van der Waals surface area contributed by atoms with Gasteiger partial charge >= 0.3 is 5.97 Å². The molecule has 0 bridgehead atoms. The first-order valence-electron chi connectivity index (χ1n) is 15.6. The number of carbonyl (C=O) groups is 3. The van der Waals surface area contributed by atoms with E-state index in [2.05, 4.69) is 17.6 Å². The normalized spacial score (nSPS) is 12.1. The molecule has 1 atom stereocenters. The zero-order valence-corrected chi connectivity index (χ0v) is 25.8. The number of hydrogen-bond donors (Lipinski definition) is 4. The van der Waals surface area contributed by atoms with Crippen LogP contribution in [0.5, 0.6) is 0 Å². The summed E-state index contributed by atoms with van der Waals surface area (Å²) in [7, 11) is -3.88. The van der Waals surface area contributed by atoms with Crippen LogP contribution in [-0.4, -0.2) is 43.9 Å². The monoisotopic (exact) mass is 595 g/mol. The molecule has 0 radical (unpaired) electrons. The molecule has 1 rings (SSSR count). The molecule has 0 aliphatic carbocycles. The zero-order valence-electron chi connectivity index (χ0n) is 25.0. The molecule has 1 aromatic carbocycles. The minimum atomic E-state index is -3.88. The van der Waals surface area contributed by atoms with Gasteiger partial charge in [-0.3, -0.25) is 9.59 Å². The van der Waals surface area contributed by atoms with Crippen LogP contribution in [0, 0.1) is 0 Å². The van der Waals surface area contributed by atoms with Crippen LogP contribution in [0.15, 0.2) is 29.2 Å². The second-order valence-corrected chi connectivity index (χ2v) is 12.5. The average molecular weight is 596 g/mol. The quantitative estimate of drug-likeness (QED) is 0.101. The first-order valence-corrected chi connectivity index (χ1v) is 17.1. The fourth-order valence-electron chi connectivity index (χ4n) is 4.74. The van der Waals surface area contributed by atoms with Crippen LogP contribution in [0.2, 0.25) is 0 Å². The van der Waals surface area contributed by atoms with Crippen molar-refractivity contribution in [1.29, 1.82) is 0 Å². The van der Waals surface area contributed by atoms with E-state index in [1.54, 1.807) is 0 Å². The Hall–Kier alpha value is -2.46. The smallest absolute Gasteiger partial charge is 0.326 e. The van der Waals surface area contributed by atoms with E-state index in [9.17, 15) is 27.9 Å². The fraction of sp³-hybridized carbons (Fsp3) is 0.710. The molecule has 10 heteroatoms. The second-order valence-electron chi connectivity index (χ2n) is 11.0. The number of nitrogens with one attached hydrogen (secondary N) is 2. The van der Waals surface area contributed by atoms with Gasteiger partial charge in [0.15, 0.2) is 0 Å². The number of carboxylic acid groups (broad SMARTS) is 1. The molecule has 41 heavy (non-hydrogen) atoms. The predicted molar refractivity (Wildman–Crippen MR) is 163 cm³/mol. The Kier molecular flexibility index (Phi) is 19.8. The lowest BCUT2D eigenvalue weighted by molar-refractivity contribution is -0.139. The van der Waals surface area contributed by atoms with Gasteiger partial charge in [0.25, 0.3) is 5.91 Å². The molecule has 0 spiro atoms. The van der Waals surface area contributed by atoms with E-state index >= 15 is 0 Å². The molecular weight excluding hydrogens is 542 g/mol. The van der Waals surface area contributed by atoms with Crippen molar-refractivity contribution in [3.05, 3.63) is 29.8 Å². The van der Waals surface area contributed by atoms with Gasteiger partial charge in [0.1, 0.15) is 6.04 Å². The third-order valence-corrected chi connectivity index (χ3v) is 8.23. The molecule has 0 fully saturated rings. The number of benzene rings is 1. The number of rotatable bonds is 25. The van der Waals surface area contributed by atoms with Crippen molar-refractivity contribution in [2.24, 2.45) is 5.14 Å². The maximum atomic E-state index is 12.4. The van der Waals surface area contributed by atoms with E-state index in [0.29, 0.717) is 25.8 Å². The highest BCUT2D eigenvalue weighted by molar-refractivity contribution is 7.89. The van der Waals surface area contributed by atoms with Gasteiger partial charge in [0.2, 0.25) is 15.9 Å². The van der Waals surface area contributed by atoms with Crippen molar-refractivity contribution in [1.82, 2.24) is 10.6 Å². The Morgan fingerprint density at radius 3 is 1.71 bits per heavy atom. The summed E-state index contributed by atoms with van der Waals surface area (Å²) in [5.41, 5.74) is 0.134. The van der Waals surface area contributed by atoms with Crippen LogP contribution < -0.4 is 15.8 Å². The van der Waals surface area contributed by atoms with Crippen molar-refractivity contribution < 1.29 is 27.9 Å². The number of hydrogen-bond acceptors (Lipinski definition) is 5. The Morgan fingerprint density at radius 2 is 1.24 bits per heavy atom. The van der Waals surface area contributed by atoms with Gasteiger partial charge in [-0.15, -0.1) is 0 Å². The van der Waals surface area contributed by atoms with Crippen molar-refractivity contribution in [2.75, 3.05) is 6.54 Å². The van der Waals surface area contributed by atoms with Crippen LogP contribution in [-0.2, 0) is 19.6 Å². The van der Waals surface area contributed by atoms with Gasteiger partial charge in [-0.1, -0.05) is 96.8 Å². The first-order chi connectivity index (χ1) is 19.6. The van der Waals surface area contributed by atoms with Crippen LogP contribution in [0.3, 0.4) is 0 Å². The molecule has 0 aliphatic heterocycles. The van der Waals surface area contributed by atoms with Gasteiger partial charge in [-0.05, 0) is 49.9 Å². The van der Waals surface area contributed by atoms with E-state index in [-0.39, 0.29) is 22.8 Å². The molecule has 234 valence electrons. The Labute approximate surface area is 247 Å². The number of sulfonamides is 1. The van der Waals surface area contributed by atoms with Crippen LogP contribution in [0.1, 0.15) is 139 Å². The number of primary sulfonamides is 1. The summed E-state index contributed by atoms with van der Waals surface area (Å²) >= 11 is 0. The SMILES string of the molecule is CCCCCCCCCCCCCCCCCC(=O)NCCCCC(NC(=O)c1ccc(S(N)(=O)=O)cc1)C(=O)O. The summed E-state index contributed by atoms with van der Waals surface area (Å²) in [5, 5.41) is 19.8. The highest BCUT2D eigenvalue weighted by Crippen LogP contribution is 2.14. The predicted octanol–water partition coefficient (Wildman–Crippen LogP) is 6.07. The van der Waals surface area contributed by atoms with E-state index < -0.39 is 27.9 Å². The minimum Gasteiger partial charge on any atom is -0.480 e. The number of amides is 2. The summed E-state index contributed by atoms with van der Waals surface area (Å²) in [6, 6.07) is 3.87. The van der Waals surface area contributed by atoms with Crippen molar-refractivity contribution in [3.8, 4) is 0 Å². The Balaban J connectivity index is 2.05. The van der Waals surface area contributed by atoms with Crippen LogP contribution >= 0.6 is 0 Å². The number of nitrogens with two attached hydrogens (primary N) is 1. The summed E-state index contributed by atoms with van der Waals surface area (Å²) in [5.74, 6) is -1.75. The van der Waals surface area contributed by atoms with Crippen molar-refractivity contribution in [3.63, 3.8) is 0 Å². The molecule has 0 heterocycles. The van der Waals surface area contributed by atoms with E-state index in [0.717, 1.165) is 12.8 Å². The van der Waals surface area contributed by atoms with Crippen LogP contribution in [0.25, 0.3) is 0 Å². The molecule has 0 aromatic heterocycles. The summed E-state index contributed by atoms with van der Waals surface area (Å²) in [6.45, 7) is 2.72. The standard InChI is InChI=1S/C31H53N3O6S/c1-2-3-4-5-6-7-8-9-10-11-12-13-14-15-16-20-29(35)33-25-18-17-19-28(31(37)38)34-30(36)26-21-23-27(24-22-26)41(32,39)40/h21-24,28H,2-20,25H2,1H3,(H,33,35)(H,34,36)(H,37,38)(H2,32,39,40). The summed E-state index contributed by atoms with van der Waals surface area (Å²) < 4.78 is 22.7. The van der Waals surface area contributed by atoms with E-state index in [4.69, 9.17) is 5.14 Å². The highest BCUT2D eigenvalue weighted by atomic mass is 32.2. The molecule has 0 aliphatic rings. The van der Waals surface area contributed by atoms with Crippen molar-refractivity contribution >= 4 is 27.8 Å². The lowest BCUT2D eigenvalue weighted by atomic mass is 10.0. The summed E-state index contributed by atoms with van der Waals surface area (Å²) in [6.07, 6.45) is 21.1. The molecule has 9 nitrogen and oxygen atoms in total. The number of unbranched alkanes of at least 4 members (excludes halogenated alkanes) is 15. The Bertz CT molecular complexity index is 982. The lowest BCUT2D eigenvalue weighted by Gasteiger charge is -2.15. The Morgan fingerprint density at radius 1 is 0.756 bits per heavy atom. The maximum Gasteiger partial charge on any atom is 0.326 e. The maximum absolute atomic E-state index is 12.4. The second kappa shape index (κ2) is 22.2. The lowest BCUT2D eigenvalue weighted by Crippen LogP contribution is -2.40. The highest BCUT2D eigenvalue weighted by Gasteiger charge is 2.20. The van der Waals surface area contributed by atoms with Crippen LogP contribution in [0.4, 0.5) is 0 Å². The van der Waals surface area contributed by atoms with Gasteiger partial charge < -0.3 is 15.7 Å². The molecule has 0 saturated heterocycles. The van der Waals surface area contributed by atoms with E-state index in [1.807, 2.05) is 0 Å². The number of aliphatic carboxylic acids is 1. The van der Waals surface area contributed by atoms with Gasteiger partial charge in [-0.2, -0.15) is 0 Å². The van der Waals surface area contributed by atoms with Gasteiger partial charge in [0.05, 0.1) is 4.90 Å². The topological polar surface area (TPSA) is 156 Å². The number of carboxylic acids is 1. The largest absolute Gasteiger partial charge is 0.480 e. The first kappa shape index (κ1) is 36.6.